The average molecular weight is 275 g/mol. The van der Waals surface area contributed by atoms with Crippen molar-refractivity contribution in [2.75, 3.05) is 0 Å². The zero-order valence-corrected chi connectivity index (χ0v) is 8.53. The molecule has 0 atom stereocenters. The monoisotopic (exact) mass is 275 g/mol. The van der Waals surface area contributed by atoms with Crippen molar-refractivity contribution in [1.29, 1.82) is 0 Å². The Morgan fingerprint density at radius 1 is 1.58 bits per heavy atom. The lowest BCUT2D eigenvalue weighted by atomic mass is 10.2. The Labute approximate surface area is 83.3 Å². The maximum atomic E-state index is 10.9. The Morgan fingerprint density at radius 3 is 2.75 bits per heavy atom. The summed E-state index contributed by atoms with van der Waals surface area (Å²) in [6, 6.07) is 3.11. The van der Waals surface area contributed by atoms with Crippen LogP contribution in [0.3, 0.4) is 0 Å². The second kappa shape index (κ2) is 3.75. The van der Waals surface area contributed by atoms with Gasteiger partial charge in [0.2, 0.25) is 0 Å². The Hall–Kier alpha value is -0.780. The van der Waals surface area contributed by atoms with Crippen molar-refractivity contribution in [2.45, 2.75) is 6.92 Å². The van der Waals surface area contributed by atoms with Crippen LogP contribution in [0.1, 0.15) is 27.8 Å². The lowest BCUT2D eigenvalue weighted by Crippen LogP contribution is -1.99. The smallest absolute Gasteiger partial charge is 0.178 e. The SMILES string of the molecule is CC(=O)c1cc(C=O)cc(I)n1. The van der Waals surface area contributed by atoms with Gasteiger partial charge in [0, 0.05) is 12.5 Å². The molecule has 1 rings (SSSR count). The normalized spacial score (nSPS) is 9.50. The molecule has 62 valence electrons. The highest BCUT2D eigenvalue weighted by molar-refractivity contribution is 14.1. The largest absolute Gasteiger partial charge is 0.298 e. The molecule has 0 N–H and O–H groups in total. The molecule has 0 saturated heterocycles. The first kappa shape index (κ1) is 9.31. The quantitative estimate of drug-likeness (QED) is 0.357. The predicted octanol–water partition coefficient (Wildman–Crippen LogP) is 1.70. The summed E-state index contributed by atoms with van der Waals surface area (Å²) in [6.45, 7) is 1.42. The molecule has 0 aliphatic heterocycles. The van der Waals surface area contributed by atoms with Crippen LogP contribution < -0.4 is 0 Å². The van der Waals surface area contributed by atoms with Crippen LogP contribution in [0.5, 0.6) is 0 Å². The molecule has 1 aromatic rings. The van der Waals surface area contributed by atoms with Crippen LogP contribution in [-0.2, 0) is 0 Å². The third-order valence-corrected chi connectivity index (χ3v) is 1.87. The van der Waals surface area contributed by atoms with Gasteiger partial charge in [-0.1, -0.05) is 0 Å². The van der Waals surface area contributed by atoms with Gasteiger partial charge < -0.3 is 0 Å². The van der Waals surface area contributed by atoms with Crippen LogP contribution in [0.2, 0.25) is 0 Å². The maximum Gasteiger partial charge on any atom is 0.178 e. The number of hydrogen-bond donors (Lipinski definition) is 0. The van der Waals surface area contributed by atoms with Gasteiger partial charge >= 0.3 is 0 Å². The molecule has 0 amide bonds. The van der Waals surface area contributed by atoms with E-state index in [4.69, 9.17) is 0 Å². The van der Waals surface area contributed by atoms with Gasteiger partial charge in [0.1, 0.15) is 15.7 Å². The van der Waals surface area contributed by atoms with Crippen molar-refractivity contribution in [3.63, 3.8) is 0 Å². The fourth-order valence-corrected chi connectivity index (χ4v) is 1.38. The highest BCUT2D eigenvalue weighted by Gasteiger charge is 2.03. The Balaban J connectivity index is 3.23. The topological polar surface area (TPSA) is 47.0 Å². The minimum atomic E-state index is -0.128. The Morgan fingerprint density at radius 2 is 2.25 bits per heavy atom. The first-order valence-electron chi connectivity index (χ1n) is 3.27. The number of Topliss-reactive ketones (excluding diaryl/α,β-unsaturated/α-hetero) is 1. The second-order valence-electron chi connectivity index (χ2n) is 2.28. The van der Waals surface area contributed by atoms with E-state index < -0.39 is 0 Å². The van der Waals surface area contributed by atoms with Crippen molar-refractivity contribution < 1.29 is 9.59 Å². The average Bonchev–Trinajstić information content (AvgIpc) is 2.03. The van der Waals surface area contributed by atoms with Gasteiger partial charge in [-0.15, -0.1) is 0 Å². The van der Waals surface area contributed by atoms with E-state index in [1.165, 1.54) is 13.0 Å². The van der Waals surface area contributed by atoms with E-state index in [0.29, 0.717) is 21.2 Å². The number of ketones is 1. The molecular weight excluding hydrogens is 269 g/mol. The van der Waals surface area contributed by atoms with E-state index >= 15 is 0 Å². The molecule has 0 bridgehead atoms. The summed E-state index contributed by atoms with van der Waals surface area (Å²) in [5.74, 6) is -0.128. The molecule has 4 heteroatoms. The zero-order chi connectivity index (χ0) is 9.14. The van der Waals surface area contributed by atoms with Gasteiger partial charge in [0.15, 0.2) is 5.78 Å². The van der Waals surface area contributed by atoms with E-state index in [1.807, 2.05) is 22.6 Å². The van der Waals surface area contributed by atoms with Crippen LogP contribution in [0.4, 0.5) is 0 Å². The third-order valence-electron chi connectivity index (χ3n) is 1.31. The summed E-state index contributed by atoms with van der Waals surface area (Å²) >= 11 is 1.97. The molecule has 12 heavy (non-hydrogen) atoms. The lowest BCUT2D eigenvalue weighted by Gasteiger charge is -1.96. The Kier molecular flexibility index (Phi) is 2.91. The summed E-state index contributed by atoms with van der Waals surface area (Å²) in [6.07, 6.45) is 0.705. The number of rotatable bonds is 2. The molecule has 0 aliphatic carbocycles. The number of hydrogen-bond acceptors (Lipinski definition) is 3. The van der Waals surface area contributed by atoms with Gasteiger partial charge in [-0.25, -0.2) is 4.98 Å². The van der Waals surface area contributed by atoms with Crippen molar-refractivity contribution in [3.8, 4) is 0 Å². The van der Waals surface area contributed by atoms with Gasteiger partial charge in [0.05, 0.1) is 0 Å². The van der Waals surface area contributed by atoms with Crippen LogP contribution >= 0.6 is 22.6 Å². The summed E-state index contributed by atoms with van der Waals surface area (Å²) in [5.41, 5.74) is 0.823. The van der Waals surface area contributed by atoms with Crippen LogP contribution in [0.15, 0.2) is 12.1 Å². The number of aromatic nitrogens is 1. The van der Waals surface area contributed by atoms with E-state index in [-0.39, 0.29) is 5.78 Å². The number of carbonyl (C=O) groups is 2. The van der Waals surface area contributed by atoms with Crippen LogP contribution in [-0.4, -0.2) is 17.1 Å². The summed E-state index contributed by atoms with van der Waals surface area (Å²) < 4.78 is 0.655. The second-order valence-corrected chi connectivity index (χ2v) is 3.39. The summed E-state index contributed by atoms with van der Waals surface area (Å²) in [4.78, 5) is 25.2. The zero-order valence-electron chi connectivity index (χ0n) is 6.37. The fraction of sp³-hybridized carbons (Fsp3) is 0.125. The molecule has 0 fully saturated rings. The molecule has 0 saturated carbocycles. The van der Waals surface area contributed by atoms with E-state index in [0.717, 1.165) is 0 Å². The molecule has 0 aliphatic rings. The molecule has 0 unspecified atom stereocenters. The minimum absolute atomic E-state index is 0.128. The third kappa shape index (κ3) is 2.10. The molecule has 1 heterocycles. The number of aldehydes is 1. The lowest BCUT2D eigenvalue weighted by molar-refractivity contribution is 0.101. The van der Waals surface area contributed by atoms with Crippen molar-refractivity contribution in [3.05, 3.63) is 27.1 Å². The number of pyridine rings is 1. The highest BCUT2D eigenvalue weighted by atomic mass is 127. The maximum absolute atomic E-state index is 10.9. The van der Waals surface area contributed by atoms with Crippen molar-refractivity contribution >= 4 is 34.7 Å². The van der Waals surface area contributed by atoms with Crippen molar-refractivity contribution in [1.82, 2.24) is 4.98 Å². The molecule has 1 aromatic heterocycles. The van der Waals surface area contributed by atoms with Gasteiger partial charge in [-0.05, 0) is 34.7 Å². The standard InChI is InChI=1S/C8H6INO2/c1-5(12)7-2-6(4-11)3-8(9)10-7/h2-4H,1H3. The molecule has 3 nitrogen and oxygen atoms in total. The van der Waals surface area contributed by atoms with Gasteiger partial charge in [-0.2, -0.15) is 0 Å². The summed E-state index contributed by atoms with van der Waals surface area (Å²) in [5, 5.41) is 0. The van der Waals surface area contributed by atoms with Gasteiger partial charge in [-0.3, -0.25) is 9.59 Å². The number of carbonyl (C=O) groups excluding carboxylic acids is 2. The first-order chi connectivity index (χ1) is 5.63. The number of halogens is 1. The van der Waals surface area contributed by atoms with Crippen LogP contribution in [0, 0.1) is 3.70 Å². The molecule has 0 radical (unpaired) electrons. The minimum Gasteiger partial charge on any atom is -0.298 e. The fourth-order valence-electron chi connectivity index (χ4n) is 0.765. The van der Waals surface area contributed by atoms with E-state index in [2.05, 4.69) is 4.98 Å². The highest BCUT2D eigenvalue weighted by Crippen LogP contribution is 2.07. The molecular formula is C8H6INO2. The molecule has 0 aromatic carbocycles. The van der Waals surface area contributed by atoms with Crippen LogP contribution in [0.25, 0.3) is 0 Å². The first-order valence-corrected chi connectivity index (χ1v) is 4.35. The van der Waals surface area contributed by atoms with Crippen molar-refractivity contribution in [2.24, 2.45) is 0 Å². The predicted molar refractivity (Wildman–Crippen MR) is 52.3 cm³/mol. The summed E-state index contributed by atoms with van der Waals surface area (Å²) in [7, 11) is 0. The number of nitrogens with zero attached hydrogens (tertiary/aromatic N) is 1. The molecule has 0 spiro atoms. The van der Waals surface area contributed by atoms with E-state index in [9.17, 15) is 9.59 Å². The van der Waals surface area contributed by atoms with E-state index in [1.54, 1.807) is 6.07 Å². The Bertz CT molecular complexity index is 336. The van der Waals surface area contributed by atoms with Gasteiger partial charge in [0.25, 0.3) is 0 Å².